The van der Waals surface area contributed by atoms with Gasteiger partial charge < -0.3 is 9.47 Å². The Bertz CT molecular complexity index is 1920. The maximum atomic E-state index is 14.0. The first-order valence-corrected chi connectivity index (χ1v) is 14.5. The van der Waals surface area contributed by atoms with Gasteiger partial charge in [-0.1, -0.05) is 60.7 Å². The molecule has 6 heterocycles. The fourth-order valence-corrected chi connectivity index (χ4v) is 7.72. The van der Waals surface area contributed by atoms with Crippen molar-refractivity contribution < 1.29 is 19.1 Å². The molecule has 2 bridgehead atoms. The highest BCUT2D eigenvalue weighted by Gasteiger charge is 2.73. The molecule has 43 heavy (non-hydrogen) atoms. The van der Waals surface area contributed by atoms with Crippen LogP contribution >= 0.6 is 0 Å². The number of aliphatic imine (C=N–C) groups is 1. The van der Waals surface area contributed by atoms with Crippen LogP contribution < -0.4 is 10.5 Å². The van der Waals surface area contributed by atoms with Crippen LogP contribution in [-0.4, -0.2) is 51.7 Å². The van der Waals surface area contributed by atoms with Gasteiger partial charge in [0.1, 0.15) is 36.7 Å². The molecule has 10 nitrogen and oxygen atoms in total. The molecule has 0 aliphatic carbocycles. The van der Waals surface area contributed by atoms with Gasteiger partial charge in [-0.2, -0.15) is 0 Å². The molecule has 1 aromatic heterocycles. The SMILES string of the molecule is CCOC1=N[C@]2(C)c3nc4ccccc4c(=O)n3C1C[C@@]21c2ccccc2N2C(=O)CN(C(=O)OCc3ccccc3)[C@@H]21. The summed E-state index contributed by atoms with van der Waals surface area (Å²) in [5.41, 5.74) is 0.759. The second kappa shape index (κ2) is 9.00. The van der Waals surface area contributed by atoms with Crippen molar-refractivity contribution >= 4 is 34.5 Å². The predicted octanol–water partition coefficient (Wildman–Crippen LogP) is 4.27. The van der Waals surface area contributed by atoms with Crippen molar-refractivity contribution in [3.05, 3.63) is 106 Å². The van der Waals surface area contributed by atoms with Gasteiger partial charge in [0.2, 0.25) is 11.8 Å². The van der Waals surface area contributed by atoms with Crippen molar-refractivity contribution in [1.29, 1.82) is 0 Å². The highest BCUT2D eigenvalue weighted by molar-refractivity contribution is 6.04. The van der Waals surface area contributed by atoms with E-state index in [2.05, 4.69) is 0 Å². The van der Waals surface area contributed by atoms with E-state index in [-0.39, 0.29) is 24.6 Å². The van der Waals surface area contributed by atoms with E-state index in [1.54, 1.807) is 15.5 Å². The van der Waals surface area contributed by atoms with Gasteiger partial charge in [0.25, 0.3) is 5.56 Å². The van der Waals surface area contributed by atoms with Crippen molar-refractivity contribution in [2.45, 2.75) is 50.0 Å². The third-order valence-electron chi connectivity index (χ3n) is 9.49. The number of fused-ring (bicyclic) bond motifs is 4. The van der Waals surface area contributed by atoms with E-state index >= 15 is 0 Å². The zero-order valence-electron chi connectivity index (χ0n) is 23.8. The van der Waals surface area contributed by atoms with Gasteiger partial charge in [-0.3, -0.25) is 24.0 Å². The van der Waals surface area contributed by atoms with Gasteiger partial charge in [0.15, 0.2) is 0 Å². The number of anilines is 1. The Kier molecular flexibility index (Phi) is 5.38. The predicted molar refractivity (Wildman–Crippen MR) is 159 cm³/mol. The summed E-state index contributed by atoms with van der Waals surface area (Å²) < 4.78 is 13.6. The number of nitrogens with zero attached hydrogens (tertiary/aromatic N) is 5. The van der Waals surface area contributed by atoms with E-state index in [1.807, 2.05) is 86.6 Å². The summed E-state index contributed by atoms with van der Waals surface area (Å²) in [5.74, 6) is 0.749. The van der Waals surface area contributed by atoms with Gasteiger partial charge in [-0.15, -0.1) is 0 Å². The Morgan fingerprint density at radius 2 is 1.74 bits per heavy atom. The molecule has 1 spiro atoms. The molecule has 216 valence electrons. The highest BCUT2D eigenvalue weighted by atomic mass is 16.6. The minimum absolute atomic E-state index is 0.0787. The topological polar surface area (TPSA) is 106 Å². The van der Waals surface area contributed by atoms with Crippen LogP contribution in [0.5, 0.6) is 0 Å². The highest BCUT2D eigenvalue weighted by Crippen LogP contribution is 2.65. The lowest BCUT2D eigenvalue weighted by molar-refractivity contribution is -0.116. The molecule has 5 aliphatic rings. The van der Waals surface area contributed by atoms with Crippen molar-refractivity contribution in [3.63, 3.8) is 0 Å². The molecule has 10 heteroatoms. The number of ether oxygens (including phenoxy) is 2. The number of rotatable bonds is 3. The lowest BCUT2D eigenvalue weighted by Crippen LogP contribution is -2.68. The quantitative estimate of drug-likeness (QED) is 0.361. The second-order valence-electron chi connectivity index (χ2n) is 11.6. The summed E-state index contributed by atoms with van der Waals surface area (Å²) in [4.78, 5) is 55.1. The molecule has 1 unspecified atom stereocenters. The number of hydrogen-bond acceptors (Lipinski definition) is 7. The summed E-state index contributed by atoms with van der Waals surface area (Å²) in [7, 11) is 0. The summed E-state index contributed by atoms with van der Waals surface area (Å²) >= 11 is 0. The molecular formula is C33H29N5O5. The number of aromatic nitrogens is 2. The average molecular weight is 576 g/mol. The zero-order valence-corrected chi connectivity index (χ0v) is 23.8. The summed E-state index contributed by atoms with van der Waals surface area (Å²) in [6.07, 6.45) is -0.944. The largest absolute Gasteiger partial charge is 0.480 e. The van der Waals surface area contributed by atoms with E-state index in [0.717, 1.165) is 16.8 Å². The van der Waals surface area contributed by atoms with Gasteiger partial charge in [0, 0.05) is 5.69 Å². The third-order valence-corrected chi connectivity index (χ3v) is 9.49. The Hall–Kier alpha value is -4.99. The Balaban J connectivity index is 1.34. The monoisotopic (exact) mass is 575 g/mol. The zero-order chi connectivity index (χ0) is 29.5. The lowest BCUT2D eigenvalue weighted by atomic mass is 9.58. The molecular weight excluding hydrogens is 546 g/mol. The van der Waals surface area contributed by atoms with Gasteiger partial charge in [-0.05, 0) is 49.6 Å². The molecule has 4 atom stereocenters. The Morgan fingerprint density at radius 3 is 2.56 bits per heavy atom. The Morgan fingerprint density at radius 1 is 1.00 bits per heavy atom. The molecule has 9 rings (SSSR count). The first-order valence-electron chi connectivity index (χ1n) is 14.5. The van der Waals surface area contributed by atoms with E-state index < -0.39 is 29.3 Å². The number of para-hydroxylation sites is 2. The van der Waals surface area contributed by atoms with E-state index in [1.165, 1.54) is 4.90 Å². The number of amides is 2. The molecule has 0 radical (unpaired) electrons. The molecule has 1 saturated heterocycles. The molecule has 0 saturated carbocycles. The minimum Gasteiger partial charge on any atom is -0.480 e. The fraction of sp³-hybridized carbons (Fsp3) is 0.303. The second-order valence-corrected chi connectivity index (χ2v) is 11.6. The molecule has 1 fully saturated rings. The third kappa shape index (κ3) is 3.26. The van der Waals surface area contributed by atoms with E-state index in [9.17, 15) is 14.4 Å². The maximum absolute atomic E-state index is 14.0. The van der Waals surface area contributed by atoms with Gasteiger partial charge >= 0.3 is 6.09 Å². The molecule has 3 aromatic carbocycles. The number of benzene rings is 3. The summed E-state index contributed by atoms with van der Waals surface area (Å²) in [6, 6.07) is 23.9. The normalized spacial score (nSPS) is 26.4. The van der Waals surface area contributed by atoms with Crippen LogP contribution in [-0.2, 0) is 31.8 Å². The van der Waals surface area contributed by atoms with E-state index in [4.69, 9.17) is 19.5 Å². The van der Waals surface area contributed by atoms with Crippen LogP contribution in [0, 0.1) is 0 Å². The minimum atomic E-state index is -1.17. The van der Waals surface area contributed by atoms with Crippen molar-refractivity contribution in [2.75, 3.05) is 18.1 Å². The lowest BCUT2D eigenvalue weighted by Gasteiger charge is -2.56. The van der Waals surface area contributed by atoms with Crippen molar-refractivity contribution in [2.24, 2.45) is 4.99 Å². The van der Waals surface area contributed by atoms with Crippen LogP contribution in [0.25, 0.3) is 10.9 Å². The fourth-order valence-electron chi connectivity index (χ4n) is 7.72. The first-order chi connectivity index (χ1) is 20.9. The number of carbonyl (C=O) groups excluding carboxylic acids is 2. The first kappa shape index (κ1) is 25.7. The average Bonchev–Trinajstić information content (AvgIpc) is 3.52. The van der Waals surface area contributed by atoms with Crippen molar-refractivity contribution in [1.82, 2.24) is 14.5 Å². The number of hydrogen-bond donors (Lipinski definition) is 0. The van der Waals surface area contributed by atoms with Gasteiger partial charge in [0.05, 0.1) is 22.9 Å². The maximum Gasteiger partial charge on any atom is 0.412 e. The van der Waals surface area contributed by atoms with Crippen LogP contribution in [0.15, 0.2) is 88.6 Å². The van der Waals surface area contributed by atoms with Crippen LogP contribution in [0.4, 0.5) is 10.5 Å². The molecule has 5 aliphatic heterocycles. The summed E-state index contributed by atoms with van der Waals surface area (Å²) in [6.45, 7) is 4.17. The van der Waals surface area contributed by atoms with Crippen LogP contribution in [0.1, 0.15) is 43.3 Å². The van der Waals surface area contributed by atoms with Crippen LogP contribution in [0.2, 0.25) is 0 Å². The summed E-state index contributed by atoms with van der Waals surface area (Å²) in [5, 5.41) is 0.517. The van der Waals surface area contributed by atoms with Crippen LogP contribution in [0.3, 0.4) is 0 Å². The molecule has 0 N–H and O–H groups in total. The standard InChI is InChI=1S/C33H29N5O5/c1-3-42-27-25-17-33(32(2,35-27)29-34-23-15-9-7-13-21(23)28(40)38(25)29)22-14-8-10-16-24(22)37-26(39)18-36(30(33)37)31(41)43-19-20-11-5-4-6-12-20/h4-16,25,30H,3,17-19H2,1-2H3/t25?,30-,32+,33-/m0/s1. The number of carbonyl (C=O) groups is 2. The molecule has 4 aromatic rings. The smallest absolute Gasteiger partial charge is 0.412 e. The van der Waals surface area contributed by atoms with Gasteiger partial charge in [-0.25, -0.2) is 14.8 Å². The van der Waals surface area contributed by atoms with E-state index in [0.29, 0.717) is 35.7 Å². The molecule has 2 amide bonds. The van der Waals surface area contributed by atoms with Crippen molar-refractivity contribution in [3.8, 4) is 0 Å². The Labute approximate surface area is 247 Å².